The van der Waals surface area contributed by atoms with Gasteiger partial charge in [0.25, 0.3) is 0 Å². The van der Waals surface area contributed by atoms with Crippen LogP contribution in [0.15, 0.2) is 54.6 Å². The van der Waals surface area contributed by atoms with Crippen molar-refractivity contribution in [1.29, 1.82) is 0 Å². The first-order valence-corrected chi connectivity index (χ1v) is 16.4. The van der Waals surface area contributed by atoms with Crippen molar-refractivity contribution in [3.8, 4) is 0 Å². The summed E-state index contributed by atoms with van der Waals surface area (Å²) in [7, 11) is 2.37. The Morgan fingerprint density at radius 3 is 2.10 bits per heavy atom. The third-order valence-corrected chi connectivity index (χ3v) is 11.3. The minimum absolute atomic E-state index is 0.216. The molecule has 3 heterocycles. The Hall–Kier alpha value is -2.37. The third kappa shape index (κ3) is 4.67. The molecule has 0 radical (unpaired) electrons. The molecule has 4 aliphatic rings. The second kappa shape index (κ2) is 11.1. The molecule has 0 amide bonds. The molecule has 40 heavy (non-hydrogen) atoms. The van der Waals surface area contributed by atoms with Gasteiger partial charge >= 0.3 is 0 Å². The van der Waals surface area contributed by atoms with Crippen LogP contribution < -0.4 is 4.90 Å². The van der Waals surface area contributed by atoms with Crippen LogP contribution in [0.4, 0.5) is 5.95 Å². The van der Waals surface area contributed by atoms with Gasteiger partial charge in [0.15, 0.2) is 0 Å². The van der Waals surface area contributed by atoms with Gasteiger partial charge in [-0.3, -0.25) is 9.80 Å². The molecule has 0 bridgehead atoms. The number of benzene rings is 2. The maximum Gasteiger partial charge on any atom is 0.206 e. The first-order chi connectivity index (χ1) is 19.7. The lowest BCUT2D eigenvalue weighted by Gasteiger charge is -2.52. The molecule has 5 nitrogen and oxygen atoms in total. The Bertz CT molecular complexity index is 1260. The molecule has 2 saturated carbocycles. The molecule has 0 atom stereocenters. The van der Waals surface area contributed by atoms with Gasteiger partial charge in [-0.25, -0.2) is 4.98 Å². The quantitative estimate of drug-likeness (QED) is 0.323. The second-order valence-electron chi connectivity index (χ2n) is 13.4. The first-order valence-electron chi connectivity index (χ1n) is 16.4. The average molecular weight is 540 g/mol. The number of piperidine rings is 1. The van der Waals surface area contributed by atoms with Gasteiger partial charge in [-0.2, -0.15) is 0 Å². The Balaban J connectivity index is 1.18. The van der Waals surface area contributed by atoms with Crippen molar-refractivity contribution in [2.75, 3.05) is 44.7 Å². The van der Waals surface area contributed by atoms with Crippen LogP contribution in [0.25, 0.3) is 11.0 Å². The van der Waals surface area contributed by atoms with Gasteiger partial charge in [-0.15, -0.1) is 0 Å². The van der Waals surface area contributed by atoms with Crippen LogP contribution in [-0.4, -0.2) is 64.7 Å². The van der Waals surface area contributed by atoms with Crippen LogP contribution in [0.3, 0.4) is 0 Å². The Labute approximate surface area is 241 Å². The van der Waals surface area contributed by atoms with Crippen molar-refractivity contribution in [1.82, 2.24) is 19.4 Å². The van der Waals surface area contributed by atoms with E-state index in [-0.39, 0.29) is 5.54 Å². The minimum atomic E-state index is 0.216. The van der Waals surface area contributed by atoms with E-state index in [1.807, 2.05) is 0 Å². The highest BCUT2D eigenvalue weighted by molar-refractivity contribution is 5.79. The van der Waals surface area contributed by atoms with Crippen LogP contribution in [0.2, 0.25) is 0 Å². The lowest BCUT2D eigenvalue weighted by Crippen LogP contribution is -2.62. The molecule has 214 valence electrons. The zero-order valence-electron chi connectivity index (χ0n) is 24.7. The fraction of sp³-hybridized carbons (Fsp3) is 0.629. The van der Waals surface area contributed by atoms with E-state index in [4.69, 9.17) is 4.98 Å². The third-order valence-electron chi connectivity index (χ3n) is 11.3. The summed E-state index contributed by atoms with van der Waals surface area (Å²) in [5.74, 6) is 1.24. The molecule has 3 aromatic rings. The summed E-state index contributed by atoms with van der Waals surface area (Å²) >= 11 is 0. The van der Waals surface area contributed by atoms with Crippen molar-refractivity contribution in [3.05, 3.63) is 60.2 Å². The molecule has 2 aromatic carbocycles. The van der Waals surface area contributed by atoms with E-state index >= 15 is 0 Å². The summed E-state index contributed by atoms with van der Waals surface area (Å²) < 4.78 is 2.68. The number of rotatable bonds is 4. The molecular formula is C35H49N5. The van der Waals surface area contributed by atoms with Gasteiger partial charge < -0.3 is 9.47 Å². The summed E-state index contributed by atoms with van der Waals surface area (Å²) in [6.45, 7) is 5.71. The number of hydrogen-bond acceptors (Lipinski definition) is 4. The largest absolute Gasteiger partial charge is 0.339 e. The predicted molar refractivity (Wildman–Crippen MR) is 166 cm³/mol. The van der Waals surface area contributed by atoms with Gasteiger partial charge in [-0.05, 0) is 63.3 Å². The lowest BCUT2D eigenvalue weighted by molar-refractivity contribution is 0.0356. The van der Waals surface area contributed by atoms with Crippen molar-refractivity contribution in [2.24, 2.45) is 0 Å². The van der Waals surface area contributed by atoms with Crippen LogP contribution in [-0.2, 0) is 5.54 Å². The topological polar surface area (TPSA) is 27.5 Å². The molecule has 7 rings (SSSR count). The number of piperazine rings is 1. The van der Waals surface area contributed by atoms with E-state index in [0.29, 0.717) is 11.6 Å². The van der Waals surface area contributed by atoms with Crippen molar-refractivity contribution < 1.29 is 0 Å². The number of imidazole rings is 1. The van der Waals surface area contributed by atoms with Gasteiger partial charge in [-0.1, -0.05) is 87.4 Å². The van der Waals surface area contributed by atoms with Crippen molar-refractivity contribution in [3.63, 3.8) is 0 Å². The van der Waals surface area contributed by atoms with Crippen LogP contribution in [0, 0.1) is 0 Å². The van der Waals surface area contributed by atoms with E-state index in [9.17, 15) is 0 Å². The molecule has 1 aromatic heterocycles. The number of aromatic nitrogens is 2. The Kier molecular flexibility index (Phi) is 7.38. The fourth-order valence-electron chi connectivity index (χ4n) is 9.00. The highest BCUT2D eigenvalue weighted by Crippen LogP contribution is 2.45. The zero-order chi connectivity index (χ0) is 27.0. The molecular weight excluding hydrogens is 490 g/mol. The zero-order valence-corrected chi connectivity index (χ0v) is 24.7. The fourth-order valence-corrected chi connectivity index (χ4v) is 9.00. The van der Waals surface area contributed by atoms with Crippen molar-refractivity contribution >= 4 is 17.0 Å². The lowest BCUT2D eigenvalue weighted by atomic mass is 9.79. The predicted octanol–water partition coefficient (Wildman–Crippen LogP) is 7.38. The summed E-state index contributed by atoms with van der Waals surface area (Å²) in [5.41, 5.74) is 4.60. The van der Waals surface area contributed by atoms with Crippen molar-refractivity contribution in [2.45, 2.75) is 101 Å². The Morgan fingerprint density at radius 1 is 0.700 bits per heavy atom. The summed E-state index contributed by atoms with van der Waals surface area (Å²) in [5, 5.41) is 0. The normalized spacial score (nSPS) is 24.9. The Morgan fingerprint density at radius 2 is 1.35 bits per heavy atom. The second-order valence-corrected chi connectivity index (χ2v) is 13.4. The van der Waals surface area contributed by atoms with Crippen LogP contribution >= 0.6 is 0 Å². The monoisotopic (exact) mass is 539 g/mol. The molecule has 2 aliphatic carbocycles. The van der Waals surface area contributed by atoms with Crippen LogP contribution in [0.1, 0.15) is 95.1 Å². The molecule has 1 spiro atoms. The van der Waals surface area contributed by atoms with Gasteiger partial charge in [0.2, 0.25) is 5.95 Å². The maximum absolute atomic E-state index is 5.35. The SMILES string of the molecule is CN1CCN(c2nc3ccccc3n2C2CCN(C3(c4ccccc4)CCCCCC3)CC2)CC12CCCCC2. The highest BCUT2D eigenvalue weighted by atomic mass is 15.4. The number of nitrogens with zero attached hydrogens (tertiary/aromatic N) is 5. The van der Waals surface area contributed by atoms with Crippen LogP contribution in [0.5, 0.6) is 0 Å². The average Bonchev–Trinajstić information content (AvgIpc) is 3.22. The van der Waals surface area contributed by atoms with E-state index in [0.717, 1.165) is 19.6 Å². The molecule has 5 heteroatoms. The molecule has 4 fully saturated rings. The van der Waals surface area contributed by atoms with E-state index in [2.05, 4.69) is 80.9 Å². The molecule has 0 N–H and O–H groups in total. The molecule has 2 saturated heterocycles. The highest BCUT2D eigenvalue weighted by Gasteiger charge is 2.43. The molecule has 0 unspecified atom stereocenters. The number of hydrogen-bond donors (Lipinski definition) is 0. The number of para-hydroxylation sites is 2. The maximum atomic E-state index is 5.35. The van der Waals surface area contributed by atoms with Gasteiger partial charge in [0.05, 0.1) is 11.0 Å². The minimum Gasteiger partial charge on any atom is -0.339 e. The standard InChI is InChI=1S/C35H49N5/c1-37-26-27-38(28-34(37)20-10-5-11-21-34)33-36-31-16-8-9-17-32(31)40(33)30-18-24-39(25-19-30)35(22-12-2-3-13-23-35)29-14-6-4-7-15-29/h4,6-9,14-17,30H,2-3,5,10-13,18-28H2,1H3. The van der Waals surface area contributed by atoms with Gasteiger partial charge in [0, 0.05) is 49.8 Å². The number of likely N-dealkylation sites (tertiary alicyclic amines) is 1. The van der Waals surface area contributed by atoms with E-state index < -0.39 is 0 Å². The summed E-state index contributed by atoms with van der Waals surface area (Å²) in [6, 6.07) is 21.0. The summed E-state index contributed by atoms with van der Waals surface area (Å²) in [4.78, 5) is 13.6. The summed E-state index contributed by atoms with van der Waals surface area (Å²) in [6.07, 6.45) is 17.3. The molecule has 2 aliphatic heterocycles. The smallest absolute Gasteiger partial charge is 0.206 e. The number of anilines is 1. The van der Waals surface area contributed by atoms with E-state index in [1.165, 1.54) is 114 Å². The van der Waals surface area contributed by atoms with E-state index in [1.54, 1.807) is 5.56 Å². The first kappa shape index (κ1) is 26.5. The van der Waals surface area contributed by atoms with Gasteiger partial charge in [0.1, 0.15) is 0 Å². The number of fused-ring (bicyclic) bond motifs is 1. The number of likely N-dealkylation sites (N-methyl/N-ethyl adjacent to an activating group) is 1.